The minimum absolute atomic E-state index is 0.0101. The highest BCUT2D eigenvalue weighted by Gasteiger charge is 2.41. The van der Waals surface area contributed by atoms with E-state index in [0.717, 1.165) is 19.4 Å². The molecule has 2 N–H and O–H groups in total. The molecule has 0 saturated carbocycles. The highest BCUT2D eigenvalue weighted by atomic mass is 32.2. The van der Waals surface area contributed by atoms with E-state index in [1.807, 2.05) is 0 Å². The fourth-order valence-electron chi connectivity index (χ4n) is 2.67. The molecule has 2 aliphatic rings. The summed E-state index contributed by atoms with van der Waals surface area (Å²) in [5.74, 6) is -0.00629. The first kappa shape index (κ1) is 14.2. The van der Waals surface area contributed by atoms with E-state index in [1.165, 1.54) is 0 Å². The molecule has 2 atom stereocenters. The third kappa shape index (κ3) is 3.66. The van der Waals surface area contributed by atoms with Gasteiger partial charge in [0.05, 0.1) is 17.3 Å². The van der Waals surface area contributed by atoms with Gasteiger partial charge in [0.1, 0.15) is 0 Å². The first-order valence-electron chi connectivity index (χ1n) is 6.15. The predicted molar refractivity (Wildman–Crippen MR) is 69.6 cm³/mol. The largest absolute Gasteiger partial charge is 0.313 e. The molecule has 2 fully saturated rings. The number of sulfonamides is 1. The number of sulfone groups is 1. The smallest absolute Gasteiger partial charge is 0.213 e. The number of hydrogen-bond acceptors (Lipinski definition) is 5. The summed E-state index contributed by atoms with van der Waals surface area (Å²) in [6, 6.07) is -0.0101. The van der Waals surface area contributed by atoms with Crippen LogP contribution in [-0.4, -0.2) is 52.2 Å². The summed E-state index contributed by atoms with van der Waals surface area (Å²) in [4.78, 5) is 0. The Morgan fingerprint density at radius 2 is 2.17 bits per heavy atom. The molecule has 0 amide bonds. The number of nitrogens with one attached hydrogen (secondary N) is 2. The van der Waals surface area contributed by atoms with Crippen LogP contribution >= 0.6 is 0 Å². The van der Waals surface area contributed by atoms with Crippen LogP contribution in [-0.2, 0) is 19.9 Å². The van der Waals surface area contributed by atoms with E-state index >= 15 is 0 Å². The highest BCUT2D eigenvalue weighted by molar-refractivity contribution is 7.92. The summed E-state index contributed by atoms with van der Waals surface area (Å²) in [5, 5.41) is 3.13. The minimum atomic E-state index is -3.43. The minimum Gasteiger partial charge on any atom is -0.313 e. The standard InChI is InChI=1S/C10H20N2O4S2/c1-10(4-6-17(13,14)8-10)12-18(15,16)7-9-3-2-5-11-9/h9,11-12H,2-8H2,1H3. The highest BCUT2D eigenvalue weighted by Crippen LogP contribution is 2.24. The fourth-order valence-corrected chi connectivity index (χ4v) is 6.68. The van der Waals surface area contributed by atoms with Crippen LogP contribution in [0.3, 0.4) is 0 Å². The van der Waals surface area contributed by atoms with E-state index in [-0.39, 0.29) is 23.3 Å². The van der Waals surface area contributed by atoms with Gasteiger partial charge in [0.2, 0.25) is 10.0 Å². The second-order valence-electron chi connectivity index (χ2n) is 5.58. The molecule has 0 radical (unpaired) electrons. The Bertz CT molecular complexity index is 508. The average molecular weight is 296 g/mol. The molecular formula is C10H20N2O4S2. The van der Waals surface area contributed by atoms with Crippen LogP contribution in [0.2, 0.25) is 0 Å². The van der Waals surface area contributed by atoms with Crippen molar-refractivity contribution in [1.29, 1.82) is 0 Å². The zero-order chi connectivity index (χ0) is 13.4. The van der Waals surface area contributed by atoms with E-state index in [2.05, 4.69) is 10.0 Å². The van der Waals surface area contributed by atoms with Gasteiger partial charge in [-0.05, 0) is 32.7 Å². The van der Waals surface area contributed by atoms with Gasteiger partial charge in [0, 0.05) is 11.6 Å². The van der Waals surface area contributed by atoms with Crippen molar-refractivity contribution in [2.45, 2.75) is 37.8 Å². The second kappa shape index (κ2) is 4.73. The third-order valence-electron chi connectivity index (χ3n) is 3.49. The van der Waals surface area contributed by atoms with Crippen LogP contribution in [0.15, 0.2) is 0 Å². The summed E-state index contributed by atoms with van der Waals surface area (Å²) < 4.78 is 49.5. The van der Waals surface area contributed by atoms with Gasteiger partial charge in [-0.3, -0.25) is 0 Å². The maximum atomic E-state index is 12.0. The molecule has 8 heteroatoms. The van der Waals surface area contributed by atoms with Crippen molar-refractivity contribution < 1.29 is 16.8 Å². The monoisotopic (exact) mass is 296 g/mol. The molecule has 2 unspecified atom stereocenters. The predicted octanol–water partition coefficient (Wildman–Crippen LogP) is -0.765. The fraction of sp³-hybridized carbons (Fsp3) is 1.00. The molecular weight excluding hydrogens is 276 g/mol. The van der Waals surface area contributed by atoms with Crippen molar-refractivity contribution in [2.75, 3.05) is 23.8 Å². The maximum Gasteiger partial charge on any atom is 0.213 e. The molecule has 0 spiro atoms. The van der Waals surface area contributed by atoms with Gasteiger partial charge in [-0.25, -0.2) is 21.6 Å². The van der Waals surface area contributed by atoms with Gasteiger partial charge in [0.15, 0.2) is 9.84 Å². The van der Waals surface area contributed by atoms with E-state index in [4.69, 9.17) is 0 Å². The Morgan fingerprint density at radius 3 is 2.67 bits per heavy atom. The molecule has 0 aromatic rings. The lowest BCUT2D eigenvalue weighted by atomic mass is 10.0. The first-order valence-corrected chi connectivity index (χ1v) is 9.63. The van der Waals surface area contributed by atoms with Gasteiger partial charge in [-0.15, -0.1) is 0 Å². The van der Waals surface area contributed by atoms with Crippen LogP contribution < -0.4 is 10.0 Å². The zero-order valence-corrected chi connectivity index (χ0v) is 12.1. The SMILES string of the molecule is CC1(NS(=O)(=O)CC2CCCN2)CCS(=O)(=O)C1. The lowest BCUT2D eigenvalue weighted by Gasteiger charge is -2.24. The molecule has 2 saturated heterocycles. The third-order valence-corrected chi connectivity index (χ3v) is 7.04. The average Bonchev–Trinajstić information content (AvgIpc) is 2.72. The van der Waals surface area contributed by atoms with Crippen molar-refractivity contribution in [3.05, 3.63) is 0 Å². The molecule has 2 aliphatic heterocycles. The van der Waals surface area contributed by atoms with E-state index in [0.29, 0.717) is 6.42 Å². The van der Waals surface area contributed by atoms with Crippen LogP contribution in [0.1, 0.15) is 26.2 Å². The lowest BCUT2D eigenvalue weighted by Crippen LogP contribution is -2.49. The van der Waals surface area contributed by atoms with Crippen LogP contribution in [0, 0.1) is 0 Å². The maximum absolute atomic E-state index is 12.0. The van der Waals surface area contributed by atoms with Gasteiger partial charge in [-0.2, -0.15) is 0 Å². The summed E-state index contributed by atoms with van der Waals surface area (Å²) in [6.07, 6.45) is 2.20. The quantitative estimate of drug-likeness (QED) is 0.711. The van der Waals surface area contributed by atoms with Crippen LogP contribution in [0.25, 0.3) is 0 Å². The van der Waals surface area contributed by atoms with Crippen LogP contribution in [0.4, 0.5) is 0 Å². The van der Waals surface area contributed by atoms with Crippen molar-refractivity contribution in [3.63, 3.8) is 0 Å². The molecule has 0 aromatic carbocycles. The zero-order valence-electron chi connectivity index (χ0n) is 10.5. The van der Waals surface area contributed by atoms with E-state index < -0.39 is 25.4 Å². The summed E-state index contributed by atoms with van der Waals surface area (Å²) in [6.45, 7) is 2.52. The van der Waals surface area contributed by atoms with Gasteiger partial charge in [0.25, 0.3) is 0 Å². The second-order valence-corrected chi connectivity index (χ2v) is 9.53. The Morgan fingerprint density at radius 1 is 1.44 bits per heavy atom. The number of hydrogen-bond donors (Lipinski definition) is 2. The van der Waals surface area contributed by atoms with Gasteiger partial charge < -0.3 is 5.32 Å². The number of rotatable bonds is 4. The van der Waals surface area contributed by atoms with Crippen molar-refractivity contribution >= 4 is 19.9 Å². The summed E-state index contributed by atoms with van der Waals surface area (Å²) in [5.41, 5.74) is -0.837. The Labute approximate surface area is 108 Å². The summed E-state index contributed by atoms with van der Waals surface area (Å²) in [7, 11) is -6.53. The van der Waals surface area contributed by atoms with Crippen LogP contribution in [0.5, 0.6) is 0 Å². The molecule has 106 valence electrons. The lowest BCUT2D eigenvalue weighted by molar-refractivity contribution is 0.458. The topological polar surface area (TPSA) is 92.3 Å². The van der Waals surface area contributed by atoms with Crippen molar-refractivity contribution in [3.8, 4) is 0 Å². The molecule has 2 heterocycles. The van der Waals surface area contributed by atoms with E-state index in [1.54, 1.807) is 6.92 Å². The molecule has 6 nitrogen and oxygen atoms in total. The first-order chi connectivity index (χ1) is 8.20. The van der Waals surface area contributed by atoms with Crippen molar-refractivity contribution in [1.82, 2.24) is 10.0 Å². The molecule has 2 rings (SSSR count). The van der Waals surface area contributed by atoms with Crippen molar-refractivity contribution in [2.24, 2.45) is 0 Å². The molecule has 0 aromatic heterocycles. The van der Waals surface area contributed by atoms with E-state index in [9.17, 15) is 16.8 Å². The molecule has 0 aliphatic carbocycles. The molecule has 0 bridgehead atoms. The van der Waals surface area contributed by atoms with Gasteiger partial charge in [-0.1, -0.05) is 0 Å². The van der Waals surface area contributed by atoms with Gasteiger partial charge >= 0.3 is 0 Å². The Balaban J connectivity index is 1.99. The molecule has 18 heavy (non-hydrogen) atoms. The Kier molecular flexibility index (Phi) is 3.74. The Hall–Kier alpha value is -0.180. The summed E-state index contributed by atoms with van der Waals surface area (Å²) >= 11 is 0. The normalized spacial score (nSPS) is 35.9.